The first-order valence-corrected chi connectivity index (χ1v) is 5.45. The molecule has 3 nitrogen and oxygen atoms in total. The van der Waals surface area contributed by atoms with Gasteiger partial charge in [0.1, 0.15) is 0 Å². The Kier molecular flexibility index (Phi) is 2.97. The lowest BCUT2D eigenvalue weighted by atomic mass is 10.2. The Labute approximate surface area is 96.8 Å². The molecule has 1 aromatic carbocycles. The third-order valence-electron chi connectivity index (χ3n) is 2.16. The van der Waals surface area contributed by atoms with Gasteiger partial charge in [0.2, 0.25) is 0 Å². The molecule has 0 unspecified atom stereocenters. The summed E-state index contributed by atoms with van der Waals surface area (Å²) in [6.45, 7) is 0.773. The van der Waals surface area contributed by atoms with E-state index < -0.39 is 0 Å². The SMILES string of the molecule is Nc1cc(Br)ccc1NCc1cc[nH]c1. The normalized spacial score (nSPS) is 10.2. The van der Waals surface area contributed by atoms with E-state index in [1.165, 1.54) is 5.56 Å². The fourth-order valence-electron chi connectivity index (χ4n) is 1.36. The molecular formula is C11H12BrN3. The topological polar surface area (TPSA) is 53.8 Å². The van der Waals surface area contributed by atoms with Gasteiger partial charge in [0, 0.05) is 23.4 Å². The smallest absolute Gasteiger partial charge is 0.0577 e. The van der Waals surface area contributed by atoms with Crippen LogP contribution in [0.3, 0.4) is 0 Å². The molecular weight excluding hydrogens is 254 g/mol. The third-order valence-corrected chi connectivity index (χ3v) is 2.65. The van der Waals surface area contributed by atoms with Crippen LogP contribution in [0.1, 0.15) is 5.56 Å². The minimum absolute atomic E-state index is 0.750. The summed E-state index contributed by atoms with van der Waals surface area (Å²) in [5.74, 6) is 0. The number of hydrogen-bond acceptors (Lipinski definition) is 2. The average molecular weight is 266 g/mol. The molecule has 0 saturated heterocycles. The largest absolute Gasteiger partial charge is 0.397 e. The fourth-order valence-corrected chi connectivity index (χ4v) is 1.74. The molecule has 0 saturated carbocycles. The number of hydrogen-bond donors (Lipinski definition) is 3. The van der Waals surface area contributed by atoms with Crippen LogP contribution in [0.4, 0.5) is 11.4 Å². The van der Waals surface area contributed by atoms with E-state index in [-0.39, 0.29) is 0 Å². The minimum Gasteiger partial charge on any atom is -0.397 e. The average Bonchev–Trinajstić information content (AvgIpc) is 2.69. The Morgan fingerprint density at radius 1 is 1.33 bits per heavy atom. The molecule has 0 fully saturated rings. The van der Waals surface area contributed by atoms with Crippen molar-refractivity contribution in [2.75, 3.05) is 11.1 Å². The first-order chi connectivity index (χ1) is 7.25. The highest BCUT2D eigenvalue weighted by molar-refractivity contribution is 9.10. The molecule has 0 bridgehead atoms. The number of anilines is 2. The van der Waals surface area contributed by atoms with Crippen molar-refractivity contribution in [3.8, 4) is 0 Å². The van der Waals surface area contributed by atoms with Gasteiger partial charge in [0.25, 0.3) is 0 Å². The zero-order valence-corrected chi connectivity index (χ0v) is 9.71. The van der Waals surface area contributed by atoms with E-state index in [4.69, 9.17) is 5.73 Å². The molecule has 4 heteroatoms. The van der Waals surface area contributed by atoms with Crippen molar-refractivity contribution in [2.24, 2.45) is 0 Å². The van der Waals surface area contributed by atoms with Gasteiger partial charge in [-0.1, -0.05) is 15.9 Å². The zero-order valence-electron chi connectivity index (χ0n) is 8.13. The van der Waals surface area contributed by atoms with Crippen LogP contribution < -0.4 is 11.1 Å². The highest BCUT2D eigenvalue weighted by Gasteiger charge is 1.99. The molecule has 4 N–H and O–H groups in total. The number of halogens is 1. The summed E-state index contributed by atoms with van der Waals surface area (Å²) in [6, 6.07) is 7.85. The molecule has 2 rings (SSSR count). The monoisotopic (exact) mass is 265 g/mol. The summed E-state index contributed by atoms with van der Waals surface area (Å²) in [6.07, 6.45) is 3.87. The maximum atomic E-state index is 5.86. The molecule has 78 valence electrons. The van der Waals surface area contributed by atoms with Crippen molar-refractivity contribution in [1.29, 1.82) is 0 Å². The Morgan fingerprint density at radius 2 is 2.20 bits per heavy atom. The second-order valence-corrected chi connectivity index (χ2v) is 4.22. The van der Waals surface area contributed by atoms with E-state index in [1.807, 2.05) is 36.7 Å². The van der Waals surface area contributed by atoms with Crippen LogP contribution in [0.15, 0.2) is 41.1 Å². The van der Waals surface area contributed by atoms with Gasteiger partial charge in [-0.3, -0.25) is 0 Å². The Bertz CT molecular complexity index is 437. The number of nitrogen functional groups attached to an aromatic ring is 1. The molecule has 2 aromatic rings. The van der Waals surface area contributed by atoms with Crippen LogP contribution in [0, 0.1) is 0 Å². The van der Waals surface area contributed by atoms with Crippen LogP contribution in [0.2, 0.25) is 0 Å². The zero-order chi connectivity index (χ0) is 10.7. The van der Waals surface area contributed by atoms with E-state index in [2.05, 4.69) is 26.2 Å². The van der Waals surface area contributed by atoms with Crippen molar-refractivity contribution in [2.45, 2.75) is 6.54 Å². The Balaban J connectivity index is 2.05. The lowest BCUT2D eigenvalue weighted by molar-refractivity contribution is 1.15. The number of aromatic amines is 1. The van der Waals surface area contributed by atoms with E-state index in [0.29, 0.717) is 0 Å². The summed E-state index contributed by atoms with van der Waals surface area (Å²) < 4.78 is 0.993. The van der Waals surface area contributed by atoms with E-state index in [1.54, 1.807) is 0 Å². The molecule has 1 heterocycles. The number of benzene rings is 1. The standard InChI is InChI=1S/C11H12BrN3/c12-9-1-2-11(10(13)5-9)15-7-8-3-4-14-6-8/h1-6,14-15H,7,13H2. The van der Waals surface area contributed by atoms with Gasteiger partial charge in [-0.25, -0.2) is 0 Å². The van der Waals surface area contributed by atoms with Gasteiger partial charge in [0.05, 0.1) is 11.4 Å². The molecule has 15 heavy (non-hydrogen) atoms. The fraction of sp³-hybridized carbons (Fsp3) is 0.0909. The number of nitrogens with one attached hydrogen (secondary N) is 2. The lowest BCUT2D eigenvalue weighted by Crippen LogP contribution is -2.01. The number of nitrogens with two attached hydrogens (primary N) is 1. The third kappa shape index (κ3) is 2.53. The van der Waals surface area contributed by atoms with Crippen LogP contribution in [0.25, 0.3) is 0 Å². The van der Waals surface area contributed by atoms with Gasteiger partial charge in [0.15, 0.2) is 0 Å². The highest BCUT2D eigenvalue weighted by Crippen LogP contribution is 2.23. The van der Waals surface area contributed by atoms with E-state index in [9.17, 15) is 0 Å². The molecule has 0 radical (unpaired) electrons. The summed E-state index contributed by atoms with van der Waals surface area (Å²) >= 11 is 3.37. The molecule has 0 amide bonds. The van der Waals surface area contributed by atoms with Crippen LogP contribution in [0.5, 0.6) is 0 Å². The molecule has 0 aliphatic heterocycles. The van der Waals surface area contributed by atoms with Crippen molar-refractivity contribution < 1.29 is 0 Å². The molecule has 1 aromatic heterocycles. The second kappa shape index (κ2) is 4.40. The van der Waals surface area contributed by atoms with Gasteiger partial charge in [-0.2, -0.15) is 0 Å². The van der Waals surface area contributed by atoms with Crippen molar-refractivity contribution in [3.63, 3.8) is 0 Å². The number of rotatable bonds is 3. The second-order valence-electron chi connectivity index (χ2n) is 3.30. The first-order valence-electron chi connectivity index (χ1n) is 4.66. The quantitative estimate of drug-likeness (QED) is 0.748. The first kappa shape index (κ1) is 10.1. The van der Waals surface area contributed by atoms with E-state index in [0.717, 1.165) is 22.4 Å². The van der Waals surface area contributed by atoms with Gasteiger partial charge >= 0.3 is 0 Å². The van der Waals surface area contributed by atoms with Gasteiger partial charge in [-0.15, -0.1) is 0 Å². The maximum absolute atomic E-state index is 5.86. The van der Waals surface area contributed by atoms with Crippen LogP contribution >= 0.6 is 15.9 Å². The summed E-state index contributed by atoms with van der Waals surface area (Å²) in [4.78, 5) is 3.01. The summed E-state index contributed by atoms with van der Waals surface area (Å²) in [7, 11) is 0. The van der Waals surface area contributed by atoms with Crippen molar-refractivity contribution in [3.05, 3.63) is 46.7 Å². The van der Waals surface area contributed by atoms with Crippen molar-refractivity contribution >= 4 is 27.3 Å². The summed E-state index contributed by atoms with van der Waals surface area (Å²) in [5.41, 5.74) is 8.77. The minimum atomic E-state index is 0.750. The van der Waals surface area contributed by atoms with Crippen LogP contribution in [-0.4, -0.2) is 4.98 Å². The number of H-pyrrole nitrogens is 1. The Morgan fingerprint density at radius 3 is 2.87 bits per heavy atom. The molecule has 0 aliphatic rings. The maximum Gasteiger partial charge on any atom is 0.0577 e. The summed E-state index contributed by atoms with van der Waals surface area (Å²) in [5, 5.41) is 3.28. The van der Waals surface area contributed by atoms with Gasteiger partial charge in [-0.05, 0) is 29.8 Å². The van der Waals surface area contributed by atoms with E-state index >= 15 is 0 Å². The number of aromatic nitrogens is 1. The van der Waals surface area contributed by atoms with Crippen molar-refractivity contribution in [1.82, 2.24) is 4.98 Å². The lowest BCUT2D eigenvalue weighted by Gasteiger charge is -2.08. The Hall–Kier alpha value is -1.42. The molecule has 0 spiro atoms. The predicted octanol–water partition coefficient (Wildman–Crippen LogP) is 2.97. The molecule has 0 atom stereocenters. The highest BCUT2D eigenvalue weighted by atomic mass is 79.9. The van der Waals surface area contributed by atoms with Crippen LogP contribution in [-0.2, 0) is 6.54 Å². The molecule has 0 aliphatic carbocycles. The predicted molar refractivity (Wildman–Crippen MR) is 66.7 cm³/mol. The van der Waals surface area contributed by atoms with Gasteiger partial charge < -0.3 is 16.0 Å².